The summed E-state index contributed by atoms with van der Waals surface area (Å²) in [5.74, 6) is 0.105. The van der Waals surface area contributed by atoms with Gasteiger partial charge in [-0.3, -0.25) is 4.79 Å². The molecule has 5 heteroatoms. The molecule has 1 atom stereocenters. The quantitative estimate of drug-likeness (QED) is 0.812. The maximum absolute atomic E-state index is 12.6. The first-order valence-electron chi connectivity index (χ1n) is 6.40. The summed E-state index contributed by atoms with van der Waals surface area (Å²) in [6.07, 6.45) is 2.85. The maximum Gasteiger partial charge on any atom is 0.254 e. The number of aromatic hydroxyl groups is 1. The predicted octanol–water partition coefficient (Wildman–Crippen LogP) is 1.98. The van der Waals surface area contributed by atoms with Crippen molar-refractivity contribution in [1.29, 1.82) is 0 Å². The molecule has 1 fully saturated rings. The zero-order valence-electron chi connectivity index (χ0n) is 10.9. The van der Waals surface area contributed by atoms with Gasteiger partial charge >= 0.3 is 0 Å². The van der Waals surface area contributed by atoms with Gasteiger partial charge < -0.3 is 15.7 Å². The normalized spacial score (nSPS) is 19.2. The Morgan fingerprint density at radius 1 is 1.47 bits per heavy atom. The molecule has 0 spiro atoms. The molecule has 19 heavy (non-hydrogen) atoms. The lowest BCUT2D eigenvalue weighted by atomic mass is 9.99. The van der Waals surface area contributed by atoms with Crippen molar-refractivity contribution in [3.8, 4) is 5.75 Å². The van der Waals surface area contributed by atoms with Crippen molar-refractivity contribution < 1.29 is 9.90 Å². The van der Waals surface area contributed by atoms with Crippen LogP contribution in [-0.4, -0.2) is 33.5 Å². The largest absolute Gasteiger partial charge is 0.508 e. The monoisotopic (exact) mass is 278 g/mol. The molecule has 1 aromatic rings. The van der Waals surface area contributed by atoms with E-state index in [1.165, 1.54) is 6.07 Å². The van der Waals surface area contributed by atoms with Crippen LogP contribution in [0, 0.1) is 6.92 Å². The minimum Gasteiger partial charge on any atom is -0.508 e. The number of carbonyl (C=O) groups excluding carboxylic acids is 1. The SMILES string of the molecule is Cc1cc(O)ccc1C(=O)N1CCCCC1C(N)=S. The Kier molecular flexibility index (Phi) is 4.04. The first kappa shape index (κ1) is 13.8. The van der Waals surface area contributed by atoms with Crippen LogP contribution in [0.1, 0.15) is 35.2 Å². The second-order valence-corrected chi connectivity index (χ2v) is 5.38. The van der Waals surface area contributed by atoms with Gasteiger partial charge in [-0.05, 0) is 49.9 Å². The average molecular weight is 278 g/mol. The number of benzene rings is 1. The van der Waals surface area contributed by atoms with Gasteiger partial charge in [-0.25, -0.2) is 0 Å². The first-order chi connectivity index (χ1) is 9.00. The summed E-state index contributed by atoms with van der Waals surface area (Å²) < 4.78 is 0. The number of amides is 1. The maximum atomic E-state index is 12.6. The van der Waals surface area contributed by atoms with Gasteiger partial charge in [0, 0.05) is 12.1 Å². The van der Waals surface area contributed by atoms with E-state index in [-0.39, 0.29) is 17.7 Å². The first-order valence-corrected chi connectivity index (χ1v) is 6.81. The van der Waals surface area contributed by atoms with E-state index in [4.69, 9.17) is 18.0 Å². The number of hydrogen-bond acceptors (Lipinski definition) is 3. The number of aryl methyl sites for hydroxylation is 1. The number of likely N-dealkylation sites (tertiary alicyclic amines) is 1. The lowest BCUT2D eigenvalue weighted by Crippen LogP contribution is -2.49. The Labute approximate surface area is 118 Å². The fourth-order valence-corrected chi connectivity index (χ4v) is 2.76. The third-order valence-corrected chi connectivity index (χ3v) is 3.80. The molecule has 0 saturated carbocycles. The van der Waals surface area contributed by atoms with Crippen LogP contribution >= 0.6 is 12.2 Å². The summed E-state index contributed by atoms with van der Waals surface area (Å²) in [6.45, 7) is 2.49. The van der Waals surface area contributed by atoms with Gasteiger partial charge in [-0.2, -0.15) is 0 Å². The second-order valence-electron chi connectivity index (χ2n) is 4.91. The number of phenolic OH excluding ortho intramolecular Hbond substituents is 1. The highest BCUT2D eigenvalue weighted by molar-refractivity contribution is 7.80. The van der Waals surface area contributed by atoms with Crippen molar-refractivity contribution in [2.45, 2.75) is 32.2 Å². The van der Waals surface area contributed by atoms with Gasteiger partial charge in [0.1, 0.15) is 5.75 Å². The Morgan fingerprint density at radius 2 is 2.21 bits per heavy atom. The lowest BCUT2D eigenvalue weighted by molar-refractivity contribution is 0.0681. The number of piperidine rings is 1. The van der Waals surface area contributed by atoms with Crippen LogP contribution in [0.5, 0.6) is 5.75 Å². The van der Waals surface area contributed by atoms with Crippen LogP contribution in [0.15, 0.2) is 18.2 Å². The number of carbonyl (C=O) groups is 1. The summed E-state index contributed by atoms with van der Waals surface area (Å²) >= 11 is 5.06. The van der Waals surface area contributed by atoms with Crippen molar-refractivity contribution in [2.75, 3.05) is 6.54 Å². The topological polar surface area (TPSA) is 66.6 Å². The van der Waals surface area contributed by atoms with Crippen LogP contribution < -0.4 is 5.73 Å². The van der Waals surface area contributed by atoms with E-state index in [0.29, 0.717) is 17.1 Å². The number of phenols is 1. The molecular weight excluding hydrogens is 260 g/mol. The van der Waals surface area contributed by atoms with E-state index in [1.807, 2.05) is 6.92 Å². The molecule has 1 heterocycles. The molecule has 2 rings (SSSR count). The molecule has 1 amide bonds. The Morgan fingerprint density at radius 3 is 2.84 bits per heavy atom. The summed E-state index contributed by atoms with van der Waals surface area (Å²) in [5.41, 5.74) is 7.09. The second kappa shape index (κ2) is 5.57. The van der Waals surface area contributed by atoms with Crippen LogP contribution in [0.3, 0.4) is 0 Å². The molecule has 0 radical (unpaired) electrons. The molecule has 1 aromatic carbocycles. The van der Waals surface area contributed by atoms with Crippen LogP contribution in [0.2, 0.25) is 0 Å². The molecule has 0 aromatic heterocycles. The third kappa shape index (κ3) is 2.87. The van der Waals surface area contributed by atoms with Crippen molar-refractivity contribution >= 4 is 23.1 Å². The van der Waals surface area contributed by atoms with E-state index < -0.39 is 0 Å². The predicted molar refractivity (Wildman–Crippen MR) is 78.3 cm³/mol. The van der Waals surface area contributed by atoms with Gasteiger partial charge in [0.15, 0.2) is 0 Å². The Hall–Kier alpha value is -1.62. The average Bonchev–Trinajstić information content (AvgIpc) is 2.38. The van der Waals surface area contributed by atoms with E-state index in [0.717, 1.165) is 24.8 Å². The molecule has 0 aliphatic carbocycles. The third-order valence-electron chi connectivity index (χ3n) is 3.53. The Balaban J connectivity index is 2.28. The van der Waals surface area contributed by atoms with Crippen molar-refractivity contribution in [3.05, 3.63) is 29.3 Å². The molecule has 1 saturated heterocycles. The van der Waals surface area contributed by atoms with Crippen molar-refractivity contribution in [2.24, 2.45) is 5.73 Å². The van der Waals surface area contributed by atoms with Crippen LogP contribution in [0.25, 0.3) is 0 Å². The summed E-state index contributed by atoms with van der Waals surface area (Å²) in [5, 5.41) is 9.40. The number of rotatable bonds is 2. The number of thiocarbonyl (C=S) groups is 1. The zero-order chi connectivity index (χ0) is 14.0. The fourth-order valence-electron chi connectivity index (χ4n) is 2.51. The van der Waals surface area contributed by atoms with E-state index in [2.05, 4.69) is 0 Å². The Bertz CT molecular complexity index is 516. The highest BCUT2D eigenvalue weighted by atomic mass is 32.1. The molecule has 1 aliphatic heterocycles. The van der Waals surface area contributed by atoms with Crippen LogP contribution in [-0.2, 0) is 0 Å². The van der Waals surface area contributed by atoms with E-state index in [9.17, 15) is 9.90 Å². The lowest BCUT2D eigenvalue weighted by Gasteiger charge is -2.35. The van der Waals surface area contributed by atoms with Gasteiger partial charge in [0.25, 0.3) is 5.91 Å². The fraction of sp³-hybridized carbons (Fsp3) is 0.429. The number of hydrogen-bond donors (Lipinski definition) is 2. The van der Waals surface area contributed by atoms with Crippen molar-refractivity contribution in [3.63, 3.8) is 0 Å². The molecule has 3 N–H and O–H groups in total. The molecule has 1 unspecified atom stereocenters. The summed E-state index contributed by atoms with van der Waals surface area (Å²) in [6, 6.07) is 4.62. The molecule has 1 aliphatic rings. The smallest absolute Gasteiger partial charge is 0.254 e. The van der Waals surface area contributed by atoms with Gasteiger partial charge in [0.2, 0.25) is 0 Å². The van der Waals surface area contributed by atoms with Gasteiger partial charge in [0.05, 0.1) is 11.0 Å². The van der Waals surface area contributed by atoms with Gasteiger partial charge in [-0.15, -0.1) is 0 Å². The zero-order valence-corrected chi connectivity index (χ0v) is 11.7. The standard InChI is InChI=1S/C14H18N2O2S/c1-9-8-10(17)5-6-11(9)14(18)16-7-3-2-4-12(16)13(15)19/h5-6,8,12,17H,2-4,7H2,1H3,(H2,15,19). The minimum atomic E-state index is -0.149. The highest BCUT2D eigenvalue weighted by Crippen LogP contribution is 2.23. The highest BCUT2D eigenvalue weighted by Gasteiger charge is 2.29. The van der Waals surface area contributed by atoms with Crippen LogP contribution in [0.4, 0.5) is 0 Å². The molecule has 0 bridgehead atoms. The van der Waals surface area contributed by atoms with E-state index in [1.54, 1.807) is 17.0 Å². The number of nitrogens with two attached hydrogens (primary N) is 1. The molecule has 102 valence electrons. The number of nitrogens with zero attached hydrogens (tertiary/aromatic N) is 1. The minimum absolute atomic E-state index is 0.0602. The molecular formula is C14H18N2O2S. The van der Waals surface area contributed by atoms with Crippen molar-refractivity contribution in [1.82, 2.24) is 4.90 Å². The molecule has 4 nitrogen and oxygen atoms in total. The summed E-state index contributed by atoms with van der Waals surface area (Å²) in [7, 11) is 0. The summed E-state index contributed by atoms with van der Waals surface area (Å²) in [4.78, 5) is 14.7. The van der Waals surface area contributed by atoms with E-state index >= 15 is 0 Å². The van der Waals surface area contributed by atoms with Gasteiger partial charge in [-0.1, -0.05) is 12.2 Å².